The Morgan fingerprint density at radius 1 is 1.26 bits per heavy atom. The molecule has 0 aromatic rings. The highest BCUT2D eigenvalue weighted by Crippen LogP contribution is 2.05. The normalized spacial score (nSPS) is 15.4. The van der Waals surface area contributed by atoms with E-state index in [-0.39, 0.29) is 6.03 Å². The molecule has 0 radical (unpaired) electrons. The van der Waals surface area contributed by atoms with E-state index in [4.69, 9.17) is 0 Å². The number of carbonyl (C=O) groups is 1. The van der Waals surface area contributed by atoms with E-state index in [0.717, 1.165) is 5.71 Å². The predicted octanol–water partition coefficient (Wildman–Crippen LogP) is 3.98. The minimum atomic E-state index is -0.140. The number of rotatable bonds is 1. The molecule has 110 valence electrons. The number of amides is 2. The van der Waals surface area contributed by atoms with Gasteiger partial charge < -0.3 is 10.2 Å². The van der Waals surface area contributed by atoms with Gasteiger partial charge in [-0.2, -0.15) is 0 Å². The molecule has 0 atom stereocenters. The fraction of sp³-hybridized carbons (Fsp3) is 0.467. The van der Waals surface area contributed by atoms with Gasteiger partial charge in [0.25, 0.3) is 0 Å². The van der Waals surface area contributed by atoms with Gasteiger partial charge in [-0.25, -0.2) is 4.79 Å². The van der Waals surface area contributed by atoms with Gasteiger partial charge >= 0.3 is 6.03 Å². The van der Waals surface area contributed by atoms with Crippen molar-refractivity contribution in [2.75, 3.05) is 13.6 Å². The van der Waals surface area contributed by atoms with Gasteiger partial charge in [0, 0.05) is 26.2 Å². The average molecular weight is 267 g/mol. The van der Waals surface area contributed by atoms with Crippen LogP contribution < -0.4 is 5.32 Å². The summed E-state index contributed by atoms with van der Waals surface area (Å²) in [5.74, 6) is 0. The van der Waals surface area contributed by atoms with Gasteiger partial charge in [-0.15, -0.1) is 13.2 Å². The van der Waals surface area contributed by atoms with E-state index >= 15 is 0 Å². The van der Waals surface area contributed by atoms with E-state index in [2.05, 4.69) is 36.6 Å². The van der Waals surface area contributed by atoms with Crippen LogP contribution in [0.4, 0.5) is 4.79 Å². The van der Waals surface area contributed by atoms with Crippen molar-refractivity contribution in [1.29, 1.82) is 0 Å². The van der Waals surface area contributed by atoms with E-state index in [1.54, 1.807) is 11.9 Å². The zero-order valence-corrected chi connectivity index (χ0v) is 13.1. The Morgan fingerprint density at radius 3 is 2.16 bits per heavy atom. The molecule has 0 bridgehead atoms. The first kappa shape index (κ1) is 22.3. The second kappa shape index (κ2) is 16.2. The summed E-state index contributed by atoms with van der Waals surface area (Å²) in [7, 11) is 1.74. The van der Waals surface area contributed by atoms with Crippen LogP contribution in [0, 0.1) is 0 Å². The lowest BCUT2D eigenvalue weighted by molar-refractivity contribution is 0.215. The number of nitrogens with zero attached hydrogens (tertiary/aromatic N) is 2. The largest absolute Gasteiger partial charge is 0.327 e. The molecule has 19 heavy (non-hydrogen) atoms. The quantitative estimate of drug-likeness (QED) is 0.717. The van der Waals surface area contributed by atoms with Crippen LogP contribution in [0.15, 0.2) is 43.2 Å². The number of urea groups is 1. The van der Waals surface area contributed by atoms with Crippen molar-refractivity contribution in [3.63, 3.8) is 0 Å². The maximum absolute atomic E-state index is 11.2. The van der Waals surface area contributed by atoms with Crippen LogP contribution in [-0.2, 0) is 0 Å². The van der Waals surface area contributed by atoms with E-state index < -0.39 is 0 Å². The van der Waals surface area contributed by atoms with Gasteiger partial charge in [0.05, 0.1) is 11.4 Å². The van der Waals surface area contributed by atoms with Crippen molar-refractivity contribution >= 4 is 11.7 Å². The lowest BCUT2D eigenvalue weighted by atomic mass is 10.2. The Hall–Kier alpha value is -1.84. The maximum atomic E-state index is 11.2. The number of hydrogen-bond donors (Lipinski definition) is 1. The second-order valence-electron chi connectivity index (χ2n) is 2.84. The Balaban J connectivity index is -0.000000375. The van der Waals surface area contributed by atoms with E-state index in [9.17, 15) is 4.79 Å². The third-order valence-electron chi connectivity index (χ3n) is 1.88. The highest BCUT2D eigenvalue weighted by Gasteiger charge is 2.17. The summed E-state index contributed by atoms with van der Waals surface area (Å²) in [6.45, 7) is 21.9. The monoisotopic (exact) mass is 267 g/mol. The van der Waals surface area contributed by atoms with Gasteiger partial charge in [0.1, 0.15) is 0 Å². The average Bonchev–Trinajstić information content (AvgIpc) is 2.59. The Morgan fingerprint density at radius 2 is 1.74 bits per heavy atom. The van der Waals surface area contributed by atoms with Crippen molar-refractivity contribution in [1.82, 2.24) is 10.2 Å². The van der Waals surface area contributed by atoms with Crippen LogP contribution in [0.3, 0.4) is 0 Å². The molecule has 4 heteroatoms. The van der Waals surface area contributed by atoms with Crippen LogP contribution >= 0.6 is 0 Å². The highest BCUT2D eigenvalue weighted by molar-refractivity contribution is 6.03. The smallest absolute Gasteiger partial charge is 0.321 e. The van der Waals surface area contributed by atoms with E-state index in [0.29, 0.717) is 18.7 Å². The predicted molar refractivity (Wildman–Crippen MR) is 86.5 cm³/mol. The Bertz CT molecular complexity index is 296. The summed E-state index contributed by atoms with van der Waals surface area (Å²) in [6.07, 6.45) is 2.16. The molecule has 0 aliphatic carbocycles. The lowest BCUT2D eigenvalue weighted by Gasteiger charge is -2.11. The standard InChI is InChI=1S/C9H13N3O.2C2H6.C2H4/c1-4-10-8-5-6-12(3)9(13)11-7(8)2;3*1-2/h4H,1-2,5-6H2,3H3,(H,11,13);2*1-2H3;1-2H2. The minimum absolute atomic E-state index is 0.140. The molecule has 1 aliphatic rings. The molecule has 1 saturated heterocycles. The molecule has 0 saturated carbocycles. The summed E-state index contributed by atoms with van der Waals surface area (Å²) < 4.78 is 0. The summed E-state index contributed by atoms with van der Waals surface area (Å²) in [4.78, 5) is 16.9. The molecule has 1 N–H and O–H groups in total. The van der Waals surface area contributed by atoms with E-state index in [1.807, 2.05) is 27.7 Å². The van der Waals surface area contributed by atoms with Gasteiger partial charge in [0.15, 0.2) is 0 Å². The summed E-state index contributed by atoms with van der Waals surface area (Å²) in [5, 5.41) is 2.64. The summed E-state index contributed by atoms with van der Waals surface area (Å²) in [6, 6.07) is -0.140. The first-order valence-corrected chi connectivity index (χ1v) is 6.54. The molecule has 0 aromatic heterocycles. The second-order valence-corrected chi connectivity index (χ2v) is 2.84. The molecule has 0 unspecified atom stereocenters. The first-order chi connectivity index (χ1) is 9.15. The zero-order valence-electron chi connectivity index (χ0n) is 13.1. The fourth-order valence-electron chi connectivity index (χ4n) is 1.08. The number of nitrogens with one attached hydrogen (secondary N) is 1. The SMILES string of the molecule is C=C.C=CN=C1CCN(C)C(=O)NC1=C.CC.CC. The van der Waals surface area contributed by atoms with Crippen molar-refractivity contribution in [3.05, 3.63) is 38.2 Å². The van der Waals surface area contributed by atoms with Gasteiger partial charge in [0.2, 0.25) is 0 Å². The fourth-order valence-corrected chi connectivity index (χ4v) is 1.08. The van der Waals surface area contributed by atoms with Crippen molar-refractivity contribution in [3.8, 4) is 0 Å². The Kier molecular flexibility index (Phi) is 19.0. The van der Waals surface area contributed by atoms with Gasteiger partial charge in [-0.3, -0.25) is 4.99 Å². The van der Waals surface area contributed by atoms with Crippen LogP contribution in [0.5, 0.6) is 0 Å². The highest BCUT2D eigenvalue weighted by atomic mass is 16.2. The molecule has 1 aliphatic heterocycles. The topological polar surface area (TPSA) is 44.7 Å². The summed E-state index contributed by atoms with van der Waals surface area (Å²) in [5.41, 5.74) is 1.35. The van der Waals surface area contributed by atoms with Gasteiger partial charge in [-0.05, 0) is 0 Å². The zero-order chi connectivity index (χ0) is 15.8. The van der Waals surface area contributed by atoms with E-state index in [1.165, 1.54) is 6.20 Å². The maximum Gasteiger partial charge on any atom is 0.321 e. The first-order valence-electron chi connectivity index (χ1n) is 6.54. The van der Waals surface area contributed by atoms with Crippen LogP contribution in [-0.4, -0.2) is 30.2 Å². The molecule has 4 nitrogen and oxygen atoms in total. The molecular formula is C15H29N3O. The molecule has 0 spiro atoms. The van der Waals surface area contributed by atoms with Crippen LogP contribution in [0.25, 0.3) is 0 Å². The molecule has 1 fully saturated rings. The third kappa shape index (κ3) is 9.83. The summed E-state index contributed by atoms with van der Waals surface area (Å²) >= 11 is 0. The number of allylic oxidation sites excluding steroid dienone is 1. The van der Waals surface area contributed by atoms with Crippen LogP contribution in [0.2, 0.25) is 0 Å². The number of carbonyl (C=O) groups excluding carboxylic acids is 1. The molecule has 1 heterocycles. The Labute approximate surface area is 118 Å². The van der Waals surface area contributed by atoms with Crippen molar-refractivity contribution < 1.29 is 4.79 Å². The minimum Gasteiger partial charge on any atom is -0.327 e. The van der Waals surface area contributed by atoms with Crippen molar-refractivity contribution in [2.45, 2.75) is 34.1 Å². The number of aliphatic imine (C=N–C) groups is 1. The van der Waals surface area contributed by atoms with Crippen LogP contribution in [0.1, 0.15) is 34.1 Å². The molecular weight excluding hydrogens is 238 g/mol. The van der Waals surface area contributed by atoms with Crippen molar-refractivity contribution in [2.24, 2.45) is 4.99 Å². The third-order valence-corrected chi connectivity index (χ3v) is 1.88. The molecule has 1 rings (SSSR count). The lowest BCUT2D eigenvalue weighted by Crippen LogP contribution is -2.34. The van der Waals surface area contributed by atoms with Gasteiger partial charge in [-0.1, -0.05) is 40.9 Å². The molecule has 0 aromatic carbocycles. The number of hydrogen-bond acceptors (Lipinski definition) is 2. The molecule has 2 amide bonds.